The smallest absolute Gasteiger partial charge is 0.334 e. The predicted octanol–water partition coefficient (Wildman–Crippen LogP) is 2.04. The maximum absolute atomic E-state index is 11.2. The number of nitrogens with one attached hydrogen (secondary N) is 1. The second kappa shape index (κ2) is 5.56. The monoisotopic (exact) mass is 268 g/mol. The molecule has 0 saturated carbocycles. The molecule has 1 aromatic rings. The van der Waals surface area contributed by atoms with Crippen LogP contribution in [-0.2, 0) is 11.8 Å². The Morgan fingerprint density at radius 1 is 1.63 bits per heavy atom. The zero-order valence-corrected chi connectivity index (χ0v) is 11.5. The molecule has 1 saturated heterocycles. The fraction of sp³-hybridized carbons (Fsp3) is 0.750. The van der Waals surface area contributed by atoms with Crippen molar-refractivity contribution in [3.05, 3.63) is 15.8 Å². The molecule has 1 fully saturated rings. The number of ether oxygens (including phenoxy) is 1. The summed E-state index contributed by atoms with van der Waals surface area (Å²) in [6.07, 6.45) is 2.18. The Balaban J connectivity index is 2.20. The van der Waals surface area contributed by atoms with E-state index in [2.05, 4.69) is 10.4 Å². The van der Waals surface area contributed by atoms with Crippen LogP contribution in [0.3, 0.4) is 0 Å². The number of hydrogen-bond donors (Lipinski definition) is 1. The van der Waals surface area contributed by atoms with Crippen LogP contribution >= 0.6 is 0 Å². The van der Waals surface area contributed by atoms with E-state index in [1.54, 1.807) is 11.7 Å². The molecule has 2 heterocycles. The summed E-state index contributed by atoms with van der Waals surface area (Å²) in [5, 5.41) is 18.6. The molecule has 106 valence electrons. The summed E-state index contributed by atoms with van der Waals surface area (Å²) in [7, 11) is 1.72. The van der Waals surface area contributed by atoms with E-state index in [4.69, 9.17) is 4.74 Å². The Morgan fingerprint density at radius 3 is 2.89 bits per heavy atom. The standard InChI is InChI=1S/C12H20N4O3/c1-8(2)10-11(16(17)18)12(15(3)14-10)13-7-9-5-4-6-19-9/h8-9,13H,4-7H2,1-3H3. The molecule has 1 aliphatic heterocycles. The van der Waals surface area contributed by atoms with Gasteiger partial charge in [-0.05, 0) is 12.8 Å². The van der Waals surface area contributed by atoms with Gasteiger partial charge in [-0.15, -0.1) is 0 Å². The SMILES string of the molecule is CC(C)c1nn(C)c(NCC2CCCO2)c1[N+](=O)[O-]. The van der Waals surface area contributed by atoms with Crippen LogP contribution in [-0.4, -0.2) is 34.0 Å². The summed E-state index contributed by atoms with van der Waals surface area (Å²) in [5.74, 6) is 0.481. The van der Waals surface area contributed by atoms with Crippen LogP contribution in [0, 0.1) is 10.1 Å². The van der Waals surface area contributed by atoms with Crippen molar-refractivity contribution in [3.63, 3.8) is 0 Å². The third-order valence-electron chi connectivity index (χ3n) is 3.30. The zero-order valence-electron chi connectivity index (χ0n) is 11.5. The lowest BCUT2D eigenvalue weighted by molar-refractivity contribution is -0.384. The van der Waals surface area contributed by atoms with E-state index in [9.17, 15) is 10.1 Å². The normalized spacial score (nSPS) is 19.1. The van der Waals surface area contributed by atoms with Crippen LogP contribution in [0.4, 0.5) is 11.5 Å². The topological polar surface area (TPSA) is 82.2 Å². The number of aryl methyl sites for hydroxylation is 1. The molecule has 1 aromatic heterocycles. The van der Waals surface area contributed by atoms with Crippen LogP contribution in [0.2, 0.25) is 0 Å². The van der Waals surface area contributed by atoms with Gasteiger partial charge in [0.25, 0.3) is 0 Å². The van der Waals surface area contributed by atoms with Crippen molar-refractivity contribution in [3.8, 4) is 0 Å². The van der Waals surface area contributed by atoms with Gasteiger partial charge in [0.05, 0.1) is 11.0 Å². The minimum absolute atomic E-state index is 0.0184. The molecular formula is C12H20N4O3. The van der Waals surface area contributed by atoms with Crippen molar-refractivity contribution < 1.29 is 9.66 Å². The number of nitrogens with zero attached hydrogens (tertiary/aromatic N) is 3. The highest BCUT2D eigenvalue weighted by atomic mass is 16.6. The summed E-state index contributed by atoms with van der Waals surface area (Å²) >= 11 is 0. The van der Waals surface area contributed by atoms with Crippen LogP contribution in [0.15, 0.2) is 0 Å². The maximum atomic E-state index is 11.2. The highest BCUT2D eigenvalue weighted by molar-refractivity contribution is 5.60. The summed E-state index contributed by atoms with van der Waals surface area (Å²) in [5.41, 5.74) is 0.595. The van der Waals surface area contributed by atoms with Gasteiger partial charge in [-0.25, -0.2) is 4.68 Å². The van der Waals surface area contributed by atoms with Gasteiger partial charge in [0.1, 0.15) is 5.69 Å². The first kappa shape index (κ1) is 13.8. The molecule has 1 N–H and O–H groups in total. The van der Waals surface area contributed by atoms with Gasteiger partial charge in [-0.3, -0.25) is 10.1 Å². The summed E-state index contributed by atoms with van der Waals surface area (Å²) in [6.45, 7) is 5.16. The molecule has 0 bridgehead atoms. The van der Waals surface area contributed by atoms with Crippen molar-refractivity contribution in [2.75, 3.05) is 18.5 Å². The molecule has 1 aliphatic rings. The van der Waals surface area contributed by atoms with Gasteiger partial charge in [-0.1, -0.05) is 13.8 Å². The van der Waals surface area contributed by atoms with E-state index in [0.717, 1.165) is 19.4 Å². The van der Waals surface area contributed by atoms with Crippen LogP contribution in [0.25, 0.3) is 0 Å². The second-order valence-corrected chi connectivity index (χ2v) is 5.13. The lowest BCUT2D eigenvalue weighted by Crippen LogP contribution is -2.20. The zero-order chi connectivity index (χ0) is 14.0. The van der Waals surface area contributed by atoms with Crippen LogP contribution < -0.4 is 5.32 Å². The quantitative estimate of drug-likeness (QED) is 0.652. The molecule has 0 amide bonds. The third kappa shape index (κ3) is 2.86. The van der Waals surface area contributed by atoms with Gasteiger partial charge in [0.15, 0.2) is 0 Å². The van der Waals surface area contributed by atoms with Crippen molar-refractivity contribution in [1.29, 1.82) is 0 Å². The second-order valence-electron chi connectivity index (χ2n) is 5.13. The molecule has 1 unspecified atom stereocenters. The first-order valence-electron chi connectivity index (χ1n) is 6.57. The molecule has 0 spiro atoms. The van der Waals surface area contributed by atoms with Gasteiger partial charge >= 0.3 is 5.69 Å². The molecule has 2 rings (SSSR count). The molecule has 0 aliphatic carbocycles. The lowest BCUT2D eigenvalue weighted by Gasteiger charge is -2.11. The third-order valence-corrected chi connectivity index (χ3v) is 3.30. The number of rotatable bonds is 5. The first-order chi connectivity index (χ1) is 9.00. The van der Waals surface area contributed by atoms with Gasteiger partial charge in [0.2, 0.25) is 5.82 Å². The van der Waals surface area contributed by atoms with Crippen molar-refractivity contribution >= 4 is 11.5 Å². The summed E-state index contributed by atoms with van der Waals surface area (Å²) in [6, 6.07) is 0. The number of hydrogen-bond acceptors (Lipinski definition) is 5. The van der Waals surface area contributed by atoms with E-state index in [-0.39, 0.29) is 22.6 Å². The first-order valence-corrected chi connectivity index (χ1v) is 6.57. The Bertz CT molecular complexity index is 464. The highest BCUT2D eigenvalue weighted by Gasteiger charge is 2.29. The average Bonchev–Trinajstić information content (AvgIpc) is 2.93. The van der Waals surface area contributed by atoms with Crippen LogP contribution in [0.5, 0.6) is 0 Å². The fourth-order valence-corrected chi connectivity index (χ4v) is 2.32. The Morgan fingerprint density at radius 2 is 2.37 bits per heavy atom. The molecular weight excluding hydrogens is 248 g/mol. The molecule has 1 atom stereocenters. The highest BCUT2D eigenvalue weighted by Crippen LogP contribution is 2.32. The van der Waals surface area contributed by atoms with Crippen molar-refractivity contribution in [2.45, 2.75) is 38.7 Å². The molecule has 19 heavy (non-hydrogen) atoms. The van der Waals surface area contributed by atoms with E-state index < -0.39 is 0 Å². The predicted molar refractivity (Wildman–Crippen MR) is 71.4 cm³/mol. The van der Waals surface area contributed by atoms with E-state index in [1.165, 1.54) is 0 Å². The molecule has 7 nitrogen and oxygen atoms in total. The van der Waals surface area contributed by atoms with E-state index >= 15 is 0 Å². The minimum atomic E-state index is -0.361. The Kier molecular flexibility index (Phi) is 4.04. The van der Waals surface area contributed by atoms with Gasteiger partial charge in [0, 0.05) is 26.1 Å². The molecule has 0 aromatic carbocycles. The number of anilines is 1. The summed E-state index contributed by atoms with van der Waals surface area (Å²) < 4.78 is 7.05. The van der Waals surface area contributed by atoms with Gasteiger partial charge in [-0.2, -0.15) is 5.10 Å². The van der Waals surface area contributed by atoms with E-state index in [0.29, 0.717) is 18.1 Å². The maximum Gasteiger partial charge on any atom is 0.334 e. The van der Waals surface area contributed by atoms with Crippen molar-refractivity contribution in [2.24, 2.45) is 7.05 Å². The average molecular weight is 268 g/mol. The van der Waals surface area contributed by atoms with E-state index in [1.807, 2.05) is 13.8 Å². The number of nitro groups is 1. The Hall–Kier alpha value is -1.63. The number of aromatic nitrogens is 2. The van der Waals surface area contributed by atoms with Gasteiger partial charge < -0.3 is 10.1 Å². The van der Waals surface area contributed by atoms with Crippen LogP contribution in [0.1, 0.15) is 38.3 Å². The summed E-state index contributed by atoms with van der Waals surface area (Å²) in [4.78, 5) is 10.9. The largest absolute Gasteiger partial charge is 0.376 e. The Labute approximate surface area is 112 Å². The fourth-order valence-electron chi connectivity index (χ4n) is 2.32. The molecule has 7 heteroatoms. The van der Waals surface area contributed by atoms with Crippen molar-refractivity contribution in [1.82, 2.24) is 9.78 Å². The molecule has 0 radical (unpaired) electrons. The lowest BCUT2D eigenvalue weighted by atomic mass is 10.1. The minimum Gasteiger partial charge on any atom is -0.376 e.